The van der Waals surface area contributed by atoms with Gasteiger partial charge in [-0.3, -0.25) is 0 Å². The first-order valence-corrected chi connectivity index (χ1v) is 5.87. The topological polar surface area (TPSA) is 44.8 Å². The first-order valence-electron chi connectivity index (χ1n) is 5.87. The van der Waals surface area contributed by atoms with Gasteiger partial charge in [-0.1, -0.05) is 12.6 Å². The minimum Gasteiger partial charge on any atom is -0.490 e. The molecule has 1 aromatic rings. The molecule has 0 aliphatic heterocycles. The Balaban J connectivity index is 3.19. The molecule has 4 nitrogen and oxygen atoms in total. The zero-order valence-corrected chi connectivity index (χ0v) is 11.0. The summed E-state index contributed by atoms with van der Waals surface area (Å²) in [7, 11) is 0. The van der Waals surface area contributed by atoms with Crippen LogP contribution in [0.3, 0.4) is 0 Å². The summed E-state index contributed by atoms with van der Waals surface area (Å²) in [5.74, 6) is 0.876. The van der Waals surface area contributed by atoms with Crippen LogP contribution in [0.25, 0.3) is 0 Å². The van der Waals surface area contributed by atoms with E-state index in [9.17, 15) is 4.79 Å². The van der Waals surface area contributed by atoms with Crippen molar-refractivity contribution in [1.82, 2.24) is 0 Å². The van der Waals surface area contributed by atoms with Gasteiger partial charge in [-0.25, -0.2) is 4.79 Å². The lowest BCUT2D eigenvalue weighted by Gasteiger charge is -2.16. The molecule has 0 unspecified atom stereocenters. The Labute approximate surface area is 107 Å². The smallest absolute Gasteiger partial charge is 0.335 e. The van der Waals surface area contributed by atoms with Crippen LogP contribution in [0, 0.1) is 6.92 Å². The molecule has 98 valence electrons. The second-order valence-corrected chi connectivity index (χ2v) is 3.53. The van der Waals surface area contributed by atoms with E-state index in [2.05, 4.69) is 6.58 Å². The number of esters is 1. The highest BCUT2D eigenvalue weighted by atomic mass is 16.6. The molecule has 0 bridgehead atoms. The van der Waals surface area contributed by atoms with E-state index in [1.165, 1.54) is 0 Å². The summed E-state index contributed by atoms with van der Waals surface area (Å²) in [5.41, 5.74) is 0.929. The molecule has 0 fully saturated rings. The van der Waals surface area contributed by atoms with E-state index in [0.29, 0.717) is 30.5 Å². The fourth-order valence-electron chi connectivity index (χ4n) is 1.48. The van der Waals surface area contributed by atoms with Crippen LogP contribution in [0.5, 0.6) is 17.2 Å². The van der Waals surface area contributed by atoms with Gasteiger partial charge in [0.2, 0.25) is 5.75 Å². The maximum Gasteiger partial charge on any atom is 0.335 e. The summed E-state index contributed by atoms with van der Waals surface area (Å²) < 4.78 is 16.2. The average Bonchev–Trinajstić information content (AvgIpc) is 2.37. The van der Waals surface area contributed by atoms with Gasteiger partial charge < -0.3 is 14.2 Å². The zero-order chi connectivity index (χ0) is 13.5. The molecule has 0 aromatic heterocycles. The molecular formula is C14H18O4. The molecule has 4 heteroatoms. The van der Waals surface area contributed by atoms with Crippen molar-refractivity contribution in [1.29, 1.82) is 0 Å². The Bertz CT molecular complexity index is 438. The van der Waals surface area contributed by atoms with E-state index in [1.807, 2.05) is 26.8 Å². The van der Waals surface area contributed by atoms with Gasteiger partial charge in [-0.15, -0.1) is 0 Å². The molecule has 0 heterocycles. The van der Waals surface area contributed by atoms with E-state index in [0.717, 1.165) is 11.6 Å². The van der Waals surface area contributed by atoms with Crippen LogP contribution < -0.4 is 14.2 Å². The van der Waals surface area contributed by atoms with Crippen molar-refractivity contribution in [3.63, 3.8) is 0 Å². The minimum absolute atomic E-state index is 0.343. The van der Waals surface area contributed by atoms with Crippen molar-refractivity contribution in [2.75, 3.05) is 13.2 Å². The Morgan fingerprint density at radius 3 is 2.39 bits per heavy atom. The van der Waals surface area contributed by atoms with Gasteiger partial charge >= 0.3 is 5.97 Å². The number of ether oxygens (including phenoxy) is 3. The monoisotopic (exact) mass is 250 g/mol. The summed E-state index contributed by atoms with van der Waals surface area (Å²) >= 11 is 0. The molecule has 0 aliphatic carbocycles. The normalized spacial score (nSPS) is 9.72. The number of hydrogen-bond donors (Lipinski definition) is 0. The molecule has 0 saturated carbocycles. The summed E-state index contributed by atoms with van der Waals surface area (Å²) in [6.45, 7) is 9.99. The predicted octanol–water partition coefficient (Wildman–Crippen LogP) is 2.88. The van der Waals surface area contributed by atoms with Gasteiger partial charge in [0.1, 0.15) is 0 Å². The fourth-order valence-corrected chi connectivity index (χ4v) is 1.48. The largest absolute Gasteiger partial charge is 0.490 e. The van der Waals surface area contributed by atoms with Crippen LogP contribution in [0.2, 0.25) is 0 Å². The van der Waals surface area contributed by atoms with Crippen LogP contribution in [0.15, 0.2) is 24.8 Å². The van der Waals surface area contributed by atoms with Crippen molar-refractivity contribution < 1.29 is 19.0 Å². The molecule has 0 amide bonds. The second kappa shape index (κ2) is 6.69. The van der Waals surface area contributed by atoms with Gasteiger partial charge in [-0.2, -0.15) is 0 Å². The molecular weight excluding hydrogens is 232 g/mol. The van der Waals surface area contributed by atoms with Gasteiger partial charge in [0.15, 0.2) is 11.5 Å². The van der Waals surface area contributed by atoms with Gasteiger partial charge in [0.25, 0.3) is 0 Å². The van der Waals surface area contributed by atoms with Crippen LogP contribution >= 0.6 is 0 Å². The summed E-state index contributed by atoms with van der Waals surface area (Å²) in [6.07, 6.45) is 1.11. The van der Waals surface area contributed by atoms with E-state index in [-0.39, 0.29) is 0 Å². The van der Waals surface area contributed by atoms with Gasteiger partial charge in [0.05, 0.1) is 13.2 Å². The SMILES string of the molecule is C=CC(=O)Oc1ccc(C)c(OCC)c1OCC. The van der Waals surface area contributed by atoms with E-state index >= 15 is 0 Å². The number of carbonyl (C=O) groups is 1. The first-order chi connectivity index (χ1) is 8.63. The summed E-state index contributed by atoms with van der Waals surface area (Å²) in [6, 6.07) is 3.50. The summed E-state index contributed by atoms with van der Waals surface area (Å²) in [5, 5.41) is 0. The van der Waals surface area contributed by atoms with Crippen molar-refractivity contribution in [3.8, 4) is 17.2 Å². The highest BCUT2D eigenvalue weighted by molar-refractivity contribution is 5.84. The van der Waals surface area contributed by atoms with Gasteiger partial charge in [-0.05, 0) is 32.4 Å². The van der Waals surface area contributed by atoms with E-state index < -0.39 is 5.97 Å². The molecule has 0 atom stereocenters. The fraction of sp³-hybridized carbons (Fsp3) is 0.357. The highest BCUT2D eigenvalue weighted by Crippen LogP contribution is 2.40. The van der Waals surface area contributed by atoms with Crippen molar-refractivity contribution >= 4 is 5.97 Å². The Morgan fingerprint density at radius 2 is 1.83 bits per heavy atom. The molecule has 0 spiro atoms. The van der Waals surface area contributed by atoms with Crippen LogP contribution in [0.4, 0.5) is 0 Å². The van der Waals surface area contributed by atoms with Crippen molar-refractivity contribution in [2.24, 2.45) is 0 Å². The Morgan fingerprint density at radius 1 is 1.22 bits per heavy atom. The highest BCUT2D eigenvalue weighted by Gasteiger charge is 2.16. The third-order valence-corrected chi connectivity index (χ3v) is 2.23. The third-order valence-electron chi connectivity index (χ3n) is 2.23. The minimum atomic E-state index is -0.526. The Kier molecular flexibility index (Phi) is 5.24. The van der Waals surface area contributed by atoms with Crippen molar-refractivity contribution in [3.05, 3.63) is 30.4 Å². The molecule has 0 N–H and O–H groups in total. The van der Waals surface area contributed by atoms with Gasteiger partial charge in [0, 0.05) is 6.08 Å². The molecule has 0 aliphatic rings. The Hall–Kier alpha value is -1.97. The van der Waals surface area contributed by atoms with Crippen LogP contribution in [0.1, 0.15) is 19.4 Å². The quantitative estimate of drug-likeness (QED) is 0.442. The first kappa shape index (κ1) is 14.1. The second-order valence-electron chi connectivity index (χ2n) is 3.53. The van der Waals surface area contributed by atoms with E-state index in [4.69, 9.17) is 14.2 Å². The average molecular weight is 250 g/mol. The number of carbonyl (C=O) groups excluding carboxylic acids is 1. The lowest BCUT2D eigenvalue weighted by molar-refractivity contribution is -0.129. The predicted molar refractivity (Wildman–Crippen MR) is 69.3 cm³/mol. The molecule has 1 aromatic carbocycles. The summed E-state index contributed by atoms with van der Waals surface area (Å²) in [4.78, 5) is 11.3. The molecule has 0 radical (unpaired) electrons. The van der Waals surface area contributed by atoms with Crippen LogP contribution in [-0.4, -0.2) is 19.2 Å². The zero-order valence-electron chi connectivity index (χ0n) is 11.0. The number of hydrogen-bond acceptors (Lipinski definition) is 4. The maximum atomic E-state index is 11.3. The van der Waals surface area contributed by atoms with E-state index in [1.54, 1.807) is 6.07 Å². The third kappa shape index (κ3) is 3.26. The lowest BCUT2D eigenvalue weighted by Crippen LogP contribution is -2.07. The molecule has 1 rings (SSSR count). The lowest BCUT2D eigenvalue weighted by atomic mass is 10.2. The number of benzene rings is 1. The molecule has 18 heavy (non-hydrogen) atoms. The standard InChI is InChI=1S/C14H18O4/c1-5-12(15)18-11-9-8-10(4)13(16-6-2)14(11)17-7-3/h5,8-9H,1,6-7H2,2-4H3. The maximum absolute atomic E-state index is 11.3. The number of aryl methyl sites for hydroxylation is 1. The molecule has 0 saturated heterocycles. The van der Waals surface area contributed by atoms with Crippen molar-refractivity contribution in [2.45, 2.75) is 20.8 Å². The van der Waals surface area contributed by atoms with Crippen LogP contribution in [-0.2, 0) is 4.79 Å². The number of rotatable bonds is 6.